The van der Waals surface area contributed by atoms with Gasteiger partial charge >= 0.3 is 5.97 Å². The van der Waals surface area contributed by atoms with Crippen molar-refractivity contribution >= 4 is 17.6 Å². The molecule has 1 rings (SSSR count). The number of hydrogen-bond donors (Lipinski definition) is 2. The zero-order valence-corrected chi connectivity index (χ0v) is 12.4. The molecule has 0 spiro atoms. The van der Waals surface area contributed by atoms with Crippen LogP contribution in [0.2, 0.25) is 0 Å². The summed E-state index contributed by atoms with van der Waals surface area (Å²) >= 11 is 0. The molecule has 2 N–H and O–H groups in total. The summed E-state index contributed by atoms with van der Waals surface area (Å²) in [6.45, 7) is 9.00. The van der Waals surface area contributed by atoms with E-state index in [0.717, 1.165) is 12.8 Å². The third-order valence-corrected chi connectivity index (χ3v) is 3.08. The minimum absolute atomic E-state index is 0.0111. The van der Waals surface area contributed by atoms with Crippen molar-refractivity contribution in [1.82, 2.24) is 5.32 Å². The molecule has 0 bridgehead atoms. The van der Waals surface area contributed by atoms with Crippen LogP contribution >= 0.6 is 0 Å². The summed E-state index contributed by atoms with van der Waals surface area (Å²) < 4.78 is 5.11. The van der Waals surface area contributed by atoms with Crippen LogP contribution in [0.4, 0.5) is 0 Å². The predicted molar refractivity (Wildman–Crippen MR) is 73.1 cm³/mol. The second-order valence-corrected chi connectivity index (χ2v) is 6.62. The van der Waals surface area contributed by atoms with Crippen LogP contribution in [0.25, 0.3) is 0 Å². The van der Waals surface area contributed by atoms with Gasteiger partial charge in [-0.1, -0.05) is 6.92 Å². The lowest BCUT2D eigenvalue weighted by Crippen LogP contribution is -2.40. The van der Waals surface area contributed by atoms with Gasteiger partial charge in [-0.2, -0.15) is 0 Å². The van der Waals surface area contributed by atoms with Crippen LogP contribution < -0.4 is 5.32 Å². The maximum absolute atomic E-state index is 11.8. The molecule has 0 radical (unpaired) electrons. The molecule has 5 nitrogen and oxygen atoms in total. The Kier molecular flexibility index (Phi) is 4.38. The fraction of sp³-hybridized carbons (Fsp3) is 0.786. The van der Waals surface area contributed by atoms with Gasteiger partial charge in [-0.15, -0.1) is 0 Å². The van der Waals surface area contributed by atoms with E-state index in [-0.39, 0.29) is 29.5 Å². The fourth-order valence-electron chi connectivity index (χ4n) is 1.59. The highest BCUT2D eigenvalue weighted by atomic mass is 16.6. The topological polar surface area (TPSA) is 79.2 Å². The molecule has 1 unspecified atom stereocenters. The third kappa shape index (κ3) is 5.01. The highest BCUT2D eigenvalue weighted by Gasteiger charge is 2.45. The standard InChI is InChI=1S/C14H24N2O3/c1-9(16-12(18)14(5)6-7-14)8-10(15)11(17)19-13(2,3)4/h9,15H,6-8H2,1-5H3,(H,16,18). The highest BCUT2D eigenvalue weighted by molar-refractivity contribution is 6.35. The number of rotatable bonds is 5. The van der Waals surface area contributed by atoms with Crippen LogP contribution in [0.5, 0.6) is 0 Å². The molecule has 0 aromatic rings. The maximum atomic E-state index is 11.8. The van der Waals surface area contributed by atoms with Crippen molar-refractivity contribution in [2.45, 2.75) is 65.5 Å². The molecule has 1 amide bonds. The summed E-state index contributed by atoms with van der Waals surface area (Å²) in [5.41, 5.74) is -0.941. The van der Waals surface area contributed by atoms with Crippen LogP contribution in [-0.4, -0.2) is 29.2 Å². The average molecular weight is 268 g/mol. The van der Waals surface area contributed by atoms with Gasteiger partial charge in [0, 0.05) is 17.9 Å². The molecular formula is C14H24N2O3. The summed E-state index contributed by atoms with van der Waals surface area (Å²) in [6, 6.07) is -0.232. The zero-order valence-electron chi connectivity index (χ0n) is 12.4. The van der Waals surface area contributed by atoms with E-state index < -0.39 is 11.6 Å². The number of hydrogen-bond acceptors (Lipinski definition) is 4. The summed E-state index contributed by atoms with van der Waals surface area (Å²) in [7, 11) is 0. The molecule has 1 aliphatic carbocycles. The minimum Gasteiger partial charge on any atom is -0.456 e. The van der Waals surface area contributed by atoms with Crippen molar-refractivity contribution in [2.24, 2.45) is 5.41 Å². The quantitative estimate of drug-likeness (QED) is 0.591. The Morgan fingerprint density at radius 3 is 2.32 bits per heavy atom. The molecule has 19 heavy (non-hydrogen) atoms. The van der Waals surface area contributed by atoms with Gasteiger partial charge < -0.3 is 10.1 Å². The molecule has 1 aliphatic rings. The summed E-state index contributed by atoms with van der Waals surface area (Å²) in [6.07, 6.45) is 2.01. The molecule has 0 saturated heterocycles. The largest absolute Gasteiger partial charge is 0.456 e. The smallest absolute Gasteiger partial charge is 0.352 e. The van der Waals surface area contributed by atoms with Gasteiger partial charge in [0.15, 0.2) is 0 Å². The molecule has 0 aliphatic heterocycles. The normalized spacial score (nSPS) is 18.4. The van der Waals surface area contributed by atoms with Gasteiger partial charge in [0.05, 0.1) is 0 Å². The molecule has 1 fully saturated rings. The van der Waals surface area contributed by atoms with E-state index in [4.69, 9.17) is 10.1 Å². The minimum atomic E-state index is -0.619. The molecule has 5 heteroatoms. The van der Waals surface area contributed by atoms with Crippen LogP contribution in [0, 0.1) is 10.8 Å². The SMILES string of the molecule is CC(CC(=N)C(=O)OC(C)(C)C)NC(=O)C1(C)CC1. The Bertz CT molecular complexity index is 392. The summed E-state index contributed by atoms with van der Waals surface area (Å²) in [5, 5.41) is 10.5. The van der Waals surface area contributed by atoms with Crippen LogP contribution in [-0.2, 0) is 14.3 Å². The van der Waals surface area contributed by atoms with Crippen molar-refractivity contribution in [1.29, 1.82) is 5.41 Å². The first-order valence-corrected chi connectivity index (χ1v) is 6.65. The molecule has 1 saturated carbocycles. The Labute approximate surface area is 114 Å². The predicted octanol–water partition coefficient (Wildman–Crippen LogP) is 2.04. The molecule has 0 heterocycles. The van der Waals surface area contributed by atoms with Crippen molar-refractivity contribution < 1.29 is 14.3 Å². The highest BCUT2D eigenvalue weighted by Crippen LogP contribution is 2.45. The first-order valence-electron chi connectivity index (χ1n) is 6.65. The summed E-state index contributed by atoms with van der Waals surface area (Å²) in [5.74, 6) is -0.608. The number of esters is 1. The first-order chi connectivity index (χ1) is 8.53. The second kappa shape index (κ2) is 5.31. The molecular weight excluding hydrogens is 244 g/mol. The van der Waals surface area contributed by atoms with Crippen molar-refractivity contribution in [3.05, 3.63) is 0 Å². The van der Waals surface area contributed by atoms with E-state index in [1.807, 2.05) is 6.92 Å². The Morgan fingerprint density at radius 1 is 1.37 bits per heavy atom. The molecule has 0 aromatic carbocycles. The van der Waals surface area contributed by atoms with Gasteiger partial charge in [-0.05, 0) is 40.5 Å². The van der Waals surface area contributed by atoms with E-state index in [9.17, 15) is 9.59 Å². The van der Waals surface area contributed by atoms with E-state index in [1.165, 1.54) is 0 Å². The van der Waals surface area contributed by atoms with Crippen LogP contribution in [0.15, 0.2) is 0 Å². The van der Waals surface area contributed by atoms with Crippen molar-refractivity contribution in [2.75, 3.05) is 0 Å². The van der Waals surface area contributed by atoms with E-state index in [1.54, 1.807) is 27.7 Å². The number of carbonyl (C=O) groups is 2. The Balaban J connectivity index is 2.39. The van der Waals surface area contributed by atoms with E-state index in [2.05, 4.69) is 5.32 Å². The monoisotopic (exact) mass is 268 g/mol. The first kappa shape index (κ1) is 15.7. The third-order valence-electron chi connectivity index (χ3n) is 3.08. The Morgan fingerprint density at radius 2 is 1.89 bits per heavy atom. The van der Waals surface area contributed by atoms with Gasteiger partial charge in [0.1, 0.15) is 11.3 Å². The fourth-order valence-corrected chi connectivity index (χ4v) is 1.59. The molecule has 1 atom stereocenters. The molecule has 108 valence electrons. The maximum Gasteiger partial charge on any atom is 0.352 e. The van der Waals surface area contributed by atoms with Crippen molar-refractivity contribution in [3.63, 3.8) is 0 Å². The van der Waals surface area contributed by atoms with Crippen LogP contribution in [0.3, 0.4) is 0 Å². The van der Waals surface area contributed by atoms with Gasteiger partial charge in [-0.3, -0.25) is 10.2 Å². The van der Waals surface area contributed by atoms with Crippen molar-refractivity contribution in [3.8, 4) is 0 Å². The average Bonchev–Trinajstić information content (AvgIpc) is 2.94. The molecule has 0 aromatic heterocycles. The van der Waals surface area contributed by atoms with Gasteiger partial charge in [0.25, 0.3) is 0 Å². The number of nitrogens with one attached hydrogen (secondary N) is 2. The lowest BCUT2D eigenvalue weighted by Gasteiger charge is -2.21. The van der Waals surface area contributed by atoms with E-state index in [0.29, 0.717) is 0 Å². The lowest BCUT2D eigenvalue weighted by atomic mass is 10.1. The zero-order chi connectivity index (χ0) is 14.8. The number of carbonyl (C=O) groups excluding carboxylic acids is 2. The van der Waals surface area contributed by atoms with E-state index >= 15 is 0 Å². The van der Waals surface area contributed by atoms with Crippen LogP contribution in [0.1, 0.15) is 53.9 Å². The van der Waals surface area contributed by atoms with Gasteiger partial charge in [-0.25, -0.2) is 4.79 Å². The Hall–Kier alpha value is -1.39. The number of amides is 1. The van der Waals surface area contributed by atoms with Gasteiger partial charge in [0.2, 0.25) is 5.91 Å². The second-order valence-electron chi connectivity index (χ2n) is 6.62. The lowest BCUT2D eigenvalue weighted by molar-refractivity contribution is -0.146. The summed E-state index contributed by atoms with van der Waals surface area (Å²) in [4.78, 5) is 23.4. The number of ether oxygens (including phenoxy) is 1.